The molecular formula is C21H31BFNO4. The van der Waals surface area contributed by atoms with Crippen molar-refractivity contribution in [1.29, 1.82) is 0 Å². The minimum atomic E-state index is -0.746. The highest BCUT2D eigenvalue weighted by Gasteiger charge is 2.52. The predicted molar refractivity (Wildman–Crippen MR) is 107 cm³/mol. The van der Waals surface area contributed by atoms with Gasteiger partial charge >= 0.3 is 13.2 Å². The molecule has 0 bridgehead atoms. The van der Waals surface area contributed by atoms with Crippen LogP contribution in [0.1, 0.15) is 72.9 Å². The average Bonchev–Trinajstić information content (AvgIpc) is 3.08. The van der Waals surface area contributed by atoms with Crippen LogP contribution in [-0.4, -0.2) is 41.5 Å². The van der Waals surface area contributed by atoms with Crippen molar-refractivity contribution < 1.29 is 23.2 Å². The summed E-state index contributed by atoms with van der Waals surface area (Å²) < 4.78 is 32.4. The fourth-order valence-corrected chi connectivity index (χ4v) is 3.56. The lowest BCUT2D eigenvalue weighted by atomic mass is 9.78. The van der Waals surface area contributed by atoms with E-state index in [1.165, 1.54) is 6.07 Å². The Morgan fingerprint density at radius 3 is 2.36 bits per heavy atom. The van der Waals surface area contributed by atoms with Crippen LogP contribution in [0.4, 0.5) is 9.18 Å². The van der Waals surface area contributed by atoms with E-state index in [1.807, 2.05) is 54.5 Å². The van der Waals surface area contributed by atoms with Crippen LogP contribution in [0.25, 0.3) is 0 Å². The summed E-state index contributed by atoms with van der Waals surface area (Å²) in [6, 6.07) is 4.87. The number of likely N-dealkylation sites (tertiary alicyclic amines) is 1. The average molecular weight is 391 g/mol. The molecule has 2 aliphatic heterocycles. The maximum Gasteiger partial charge on any atom is 0.497 e. The zero-order valence-electron chi connectivity index (χ0n) is 18.0. The van der Waals surface area contributed by atoms with Gasteiger partial charge in [-0.15, -0.1) is 0 Å². The summed E-state index contributed by atoms with van der Waals surface area (Å²) in [6.07, 6.45) is 1.30. The summed E-state index contributed by atoms with van der Waals surface area (Å²) in [7, 11) is -0.746. The Kier molecular flexibility index (Phi) is 5.30. The molecule has 0 N–H and O–H groups in total. The van der Waals surface area contributed by atoms with Crippen molar-refractivity contribution in [3.63, 3.8) is 0 Å². The van der Waals surface area contributed by atoms with Crippen molar-refractivity contribution in [2.45, 2.75) is 84.2 Å². The number of hydrogen-bond donors (Lipinski definition) is 0. The highest BCUT2D eigenvalue weighted by atomic mass is 19.1. The molecule has 1 aromatic rings. The van der Waals surface area contributed by atoms with Crippen molar-refractivity contribution in [2.75, 3.05) is 6.54 Å². The van der Waals surface area contributed by atoms with E-state index in [2.05, 4.69) is 0 Å². The first-order valence-electron chi connectivity index (χ1n) is 9.95. The molecule has 1 atom stereocenters. The van der Waals surface area contributed by atoms with Gasteiger partial charge in [-0.3, -0.25) is 0 Å². The molecule has 1 unspecified atom stereocenters. The van der Waals surface area contributed by atoms with Crippen molar-refractivity contribution in [1.82, 2.24) is 4.90 Å². The third-order valence-corrected chi connectivity index (χ3v) is 5.80. The summed E-state index contributed by atoms with van der Waals surface area (Å²) >= 11 is 0. The smallest absolute Gasteiger partial charge is 0.444 e. The Bertz CT molecular complexity index is 743. The Balaban J connectivity index is 1.80. The second kappa shape index (κ2) is 7.03. The van der Waals surface area contributed by atoms with Gasteiger partial charge in [0.15, 0.2) is 0 Å². The summed E-state index contributed by atoms with van der Waals surface area (Å²) in [5.74, 6) is -0.382. The van der Waals surface area contributed by atoms with Gasteiger partial charge in [-0.25, -0.2) is 9.18 Å². The fraction of sp³-hybridized carbons (Fsp3) is 0.667. The van der Waals surface area contributed by atoms with Crippen LogP contribution in [0.2, 0.25) is 0 Å². The van der Waals surface area contributed by atoms with Crippen LogP contribution in [0.15, 0.2) is 18.2 Å². The Hall–Kier alpha value is -1.60. The minimum Gasteiger partial charge on any atom is -0.444 e. The standard InChI is InChI=1S/C21H31BFNO4/c1-19(2,3)26-18(25)24-12-8-9-17(24)14-10-11-15(16(23)13-14)22-27-20(4,5)21(6,7)28-22/h10-11,13,17H,8-9,12H2,1-7H3. The fourth-order valence-electron chi connectivity index (χ4n) is 3.56. The van der Waals surface area contributed by atoms with Gasteiger partial charge in [0.1, 0.15) is 11.4 Å². The lowest BCUT2D eigenvalue weighted by Crippen LogP contribution is -2.41. The van der Waals surface area contributed by atoms with E-state index in [1.54, 1.807) is 11.0 Å². The Labute approximate surface area is 167 Å². The number of carbonyl (C=O) groups excluding carboxylic acids is 1. The molecule has 2 fully saturated rings. The number of halogens is 1. The van der Waals surface area contributed by atoms with Gasteiger partial charge in [0.2, 0.25) is 0 Å². The van der Waals surface area contributed by atoms with Crippen LogP contribution >= 0.6 is 0 Å². The van der Waals surface area contributed by atoms with Gasteiger partial charge in [-0.2, -0.15) is 0 Å². The normalized spacial score (nSPS) is 23.9. The molecule has 0 spiro atoms. The van der Waals surface area contributed by atoms with Crippen molar-refractivity contribution in [3.8, 4) is 0 Å². The molecule has 7 heteroatoms. The lowest BCUT2D eigenvalue weighted by Gasteiger charge is -2.32. The van der Waals surface area contributed by atoms with E-state index in [0.29, 0.717) is 12.0 Å². The van der Waals surface area contributed by atoms with Crippen molar-refractivity contribution in [2.24, 2.45) is 0 Å². The second-order valence-corrected chi connectivity index (χ2v) is 9.70. The van der Waals surface area contributed by atoms with Gasteiger partial charge < -0.3 is 18.9 Å². The molecule has 0 aliphatic carbocycles. The molecular weight excluding hydrogens is 360 g/mol. The van der Waals surface area contributed by atoms with E-state index in [4.69, 9.17) is 14.0 Å². The first-order chi connectivity index (χ1) is 12.8. The maximum absolute atomic E-state index is 15.0. The number of carbonyl (C=O) groups is 1. The molecule has 3 rings (SSSR count). The summed E-state index contributed by atoms with van der Waals surface area (Å²) in [6.45, 7) is 13.9. The third kappa shape index (κ3) is 4.06. The lowest BCUT2D eigenvalue weighted by molar-refractivity contribution is 0.00578. The van der Waals surface area contributed by atoms with Crippen LogP contribution in [0.3, 0.4) is 0 Å². The molecule has 1 aromatic carbocycles. The number of amides is 1. The van der Waals surface area contributed by atoms with Gasteiger partial charge in [-0.1, -0.05) is 12.1 Å². The maximum atomic E-state index is 15.0. The SMILES string of the molecule is CC(C)(C)OC(=O)N1CCCC1c1ccc(B2OC(C)(C)C(C)(C)O2)c(F)c1. The second-order valence-electron chi connectivity index (χ2n) is 9.70. The van der Waals surface area contributed by atoms with Gasteiger partial charge in [0.05, 0.1) is 17.2 Å². The molecule has 0 saturated carbocycles. The number of nitrogens with zero attached hydrogens (tertiary/aromatic N) is 1. The zero-order valence-corrected chi connectivity index (χ0v) is 18.0. The molecule has 28 heavy (non-hydrogen) atoms. The van der Waals surface area contributed by atoms with Crippen molar-refractivity contribution >= 4 is 18.7 Å². The number of hydrogen-bond acceptors (Lipinski definition) is 4. The molecule has 2 aliphatic rings. The topological polar surface area (TPSA) is 48.0 Å². The molecule has 2 saturated heterocycles. The predicted octanol–water partition coefficient (Wildman–Crippen LogP) is 4.20. The monoisotopic (exact) mass is 391 g/mol. The largest absolute Gasteiger partial charge is 0.497 e. The summed E-state index contributed by atoms with van der Waals surface area (Å²) in [5.41, 5.74) is -0.468. The Morgan fingerprint density at radius 1 is 1.21 bits per heavy atom. The molecule has 1 amide bonds. The van der Waals surface area contributed by atoms with Crippen molar-refractivity contribution in [3.05, 3.63) is 29.6 Å². The van der Waals surface area contributed by atoms with E-state index < -0.39 is 23.9 Å². The van der Waals surface area contributed by atoms with Gasteiger partial charge in [0.25, 0.3) is 0 Å². The van der Waals surface area contributed by atoms with E-state index in [-0.39, 0.29) is 18.0 Å². The summed E-state index contributed by atoms with van der Waals surface area (Å²) in [4.78, 5) is 14.2. The third-order valence-electron chi connectivity index (χ3n) is 5.80. The molecule has 0 radical (unpaired) electrons. The number of ether oxygens (including phenoxy) is 1. The van der Waals surface area contributed by atoms with Gasteiger partial charge in [0, 0.05) is 12.0 Å². The molecule has 5 nitrogen and oxygen atoms in total. The first kappa shape index (κ1) is 21.1. The minimum absolute atomic E-state index is 0.184. The number of rotatable bonds is 2. The molecule has 154 valence electrons. The van der Waals surface area contributed by atoms with Crippen LogP contribution in [0.5, 0.6) is 0 Å². The number of benzene rings is 1. The molecule has 0 aromatic heterocycles. The molecule has 2 heterocycles. The zero-order chi connectivity index (χ0) is 20.9. The van der Waals surface area contributed by atoms with E-state index >= 15 is 0 Å². The first-order valence-corrected chi connectivity index (χ1v) is 9.95. The highest BCUT2D eigenvalue weighted by Crippen LogP contribution is 2.37. The van der Waals surface area contributed by atoms with E-state index in [9.17, 15) is 9.18 Å². The van der Waals surface area contributed by atoms with Crippen LogP contribution in [0, 0.1) is 5.82 Å². The van der Waals surface area contributed by atoms with E-state index in [0.717, 1.165) is 18.4 Å². The summed E-state index contributed by atoms with van der Waals surface area (Å²) in [5, 5.41) is 0. The highest BCUT2D eigenvalue weighted by molar-refractivity contribution is 6.62. The van der Waals surface area contributed by atoms with Crippen LogP contribution in [-0.2, 0) is 14.0 Å². The van der Waals surface area contributed by atoms with Gasteiger partial charge in [-0.05, 0) is 72.9 Å². The quantitative estimate of drug-likeness (QED) is 0.710. The van der Waals surface area contributed by atoms with Crippen LogP contribution < -0.4 is 5.46 Å². The Morgan fingerprint density at radius 2 is 1.82 bits per heavy atom.